The van der Waals surface area contributed by atoms with Crippen molar-refractivity contribution in [3.05, 3.63) is 29.3 Å². The Morgan fingerprint density at radius 3 is 2.33 bits per heavy atom. The molecule has 1 N–H and O–H groups in total. The Hall–Kier alpha value is -1.02. The van der Waals surface area contributed by atoms with Crippen molar-refractivity contribution in [2.45, 2.75) is 39.7 Å². The number of benzene rings is 1. The van der Waals surface area contributed by atoms with Gasteiger partial charge in [0.15, 0.2) is 0 Å². The van der Waals surface area contributed by atoms with E-state index in [4.69, 9.17) is 9.84 Å². The summed E-state index contributed by atoms with van der Waals surface area (Å²) in [5.41, 5.74) is 2.45. The van der Waals surface area contributed by atoms with Crippen LogP contribution in [0.4, 0.5) is 0 Å². The van der Waals surface area contributed by atoms with E-state index in [-0.39, 0.29) is 6.10 Å². The molecule has 0 aromatic heterocycles. The molecule has 1 aromatic rings. The van der Waals surface area contributed by atoms with E-state index in [9.17, 15) is 0 Å². The van der Waals surface area contributed by atoms with Gasteiger partial charge in [0.2, 0.25) is 0 Å². The maximum atomic E-state index is 9.08. The standard InChI is InChI=1S/C13H20O2/c1-10-7-11(2)9-13(8-10)15-6-4-5-12(3)14/h7-9,12,14H,4-6H2,1-3H3. The van der Waals surface area contributed by atoms with Crippen molar-refractivity contribution in [1.82, 2.24) is 0 Å². The highest BCUT2D eigenvalue weighted by atomic mass is 16.5. The zero-order chi connectivity index (χ0) is 11.3. The van der Waals surface area contributed by atoms with Crippen LogP contribution in [0.1, 0.15) is 30.9 Å². The van der Waals surface area contributed by atoms with E-state index in [1.807, 2.05) is 12.1 Å². The average molecular weight is 208 g/mol. The summed E-state index contributed by atoms with van der Waals surface area (Å²) in [7, 11) is 0. The summed E-state index contributed by atoms with van der Waals surface area (Å²) in [5, 5.41) is 9.08. The third-order valence-electron chi connectivity index (χ3n) is 2.23. The van der Waals surface area contributed by atoms with E-state index in [1.54, 1.807) is 6.92 Å². The number of rotatable bonds is 5. The second kappa shape index (κ2) is 5.76. The molecule has 0 bridgehead atoms. The highest BCUT2D eigenvalue weighted by Crippen LogP contribution is 2.16. The molecule has 2 nitrogen and oxygen atoms in total. The van der Waals surface area contributed by atoms with Crippen molar-refractivity contribution >= 4 is 0 Å². The first kappa shape index (κ1) is 12.1. The van der Waals surface area contributed by atoms with E-state index >= 15 is 0 Å². The van der Waals surface area contributed by atoms with Gasteiger partial charge in [-0.1, -0.05) is 6.07 Å². The Bertz CT molecular complexity index is 285. The summed E-state index contributed by atoms with van der Waals surface area (Å²) in [6.45, 7) is 6.61. The Morgan fingerprint density at radius 2 is 1.80 bits per heavy atom. The third kappa shape index (κ3) is 4.84. The van der Waals surface area contributed by atoms with Crippen LogP contribution in [-0.2, 0) is 0 Å². The number of aliphatic hydroxyl groups is 1. The molecular formula is C13H20O2. The molecule has 1 rings (SSSR count). The van der Waals surface area contributed by atoms with Crippen LogP contribution in [-0.4, -0.2) is 17.8 Å². The lowest BCUT2D eigenvalue weighted by atomic mass is 10.1. The second-order valence-electron chi connectivity index (χ2n) is 4.16. The van der Waals surface area contributed by atoms with Crippen molar-refractivity contribution in [3.8, 4) is 5.75 Å². The van der Waals surface area contributed by atoms with Crippen LogP contribution in [0.15, 0.2) is 18.2 Å². The zero-order valence-electron chi connectivity index (χ0n) is 9.79. The number of hydrogen-bond acceptors (Lipinski definition) is 2. The predicted octanol–water partition coefficient (Wildman–Crippen LogP) is 2.84. The number of ether oxygens (including phenoxy) is 1. The van der Waals surface area contributed by atoms with E-state index in [0.717, 1.165) is 18.6 Å². The Labute approximate surface area is 91.9 Å². The molecule has 15 heavy (non-hydrogen) atoms. The molecule has 1 atom stereocenters. The number of aryl methyl sites for hydroxylation is 2. The number of hydrogen-bond donors (Lipinski definition) is 1. The summed E-state index contributed by atoms with van der Waals surface area (Å²) in [6.07, 6.45) is 1.46. The average Bonchev–Trinajstić information content (AvgIpc) is 2.10. The predicted molar refractivity (Wildman–Crippen MR) is 62.3 cm³/mol. The van der Waals surface area contributed by atoms with Gasteiger partial charge in [0.1, 0.15) is 5.75 Å². The number of aliphatic hydroxyl groups excluding tert-OH is 1. The van der Waals surface area contributed by atoms with Gasteiger partial charge in [-0.2, -0.15) is 0 Å². The maximum Gasteiger partial charge on any atom is 0.119 e. The van der Waals surface area contributed by atoms with E-state index < -0.39 is 0 Å². The van der Waals surface area contributed by atoms with Gasteiger partial charge in [-0.25, -0.2) is 0 Å². The minimum atomic E-state index is -0.229. The van der Waals surface area contributed by atoms with Crippen LogP contribution in [0.25, 0.3) is 0 Å². The van der Waals surface area contributed by atoms with Crippen LogP contribution in [0.3, 0.4) is 0 Å². The molecule has 0 aliphatic heterocycles. The van der Waals surface area contributed by atoms with Crippen LogP contribution in [0.5, 0.6) is 5.75 Å². The fraction of sp³-hybridized carbons (Fsp3) is 0.538. The van der Waals surface area contributed by atoms with Gasteiger partial charge in [0.25, 0.3) is 0 Å². The molecule has 0 saturated heterocycles. The lowest BCUT2D eigenvalue weighted by molar-refractivity contribution is 0.170. The van der Waals surface area contributed by atoms with Gasteiger partial charge in [-0.15, -0.1) is 0 Å². The van der Waals surface area contributed by atoms with Gasteiger partial charge in [-0.05, 0) is 56.9 Å². The quantitative estimate of drug-likeness (QED) is 0.754. The van der Waals surface area contributed by atoms with Crippen molar-refractivity contribution in [2.75, 3.05) is 6.61 Å². The first-order valence-electron chi connectivity index (χ1n) is 5.47. The third-order valence-corrected chi connectivity index (χ3v) is 2.23. The van der Waals surface area contributed by atoms with Gasteiger partial charge in [0.05, 0.1) is 12.7 Å². The Kier molecular flexibility index (Phi) is 4.63. The van der Waals surface area contributed by atoms with E-state index in [2.05, 4.69) is 19.9 Å². The molecule has 0 amide bonds. The summed E-state index contributed by atoms with van der Waals surface area (Å²) < 4.78 is 5.61. The summed E-state index contributed by atoms with van der Waals surface area (Å²) >= 11 is 0. The molecule has 0 spiro atoms. The van der Waals surface area contributed by atoms with Crippen molar-refractivity contribution < 1.29 is 9.84 Å². The normalized spacial score (nSPS) is 12.5. The topological polar surface area (TPSA) is 29.5 Å². The molecule has 1 unspecified atom stereocenters. The minimum absolute atomic E-state index is 0.229. The minimum Gasteiger partial charge on any atom is -0.494 e. The monoisotopic (exact) mass is 208 g/mol. The van der Waals surface area contributed by atoms with Crippen LogP contribution in [0.2, 0.25) is 0 Å². The van der Waals surface area contributed by atoms with Gasteiger partial charge in [-0.3, -0.25) is 0 Å². The lowest BCUT2D eigenvalue weighted by Crippen LogP contribution is -2.04. The molecular weight excluding hydrogens is 188 g/mol. The van der Waals surface area contributed by atoms with Crippen molar-refractivity contribution in [2.24, 2.45) is 0 Å². The Balaban J connectivity index is 2.37. The van der Waals surface area contributed by atoms with E-state index in [1.165, 1.54) is 11.1 Å². The van der Waals surface area contributed by atoms with Gasteiger partial charge < -0.3 is 9.84 Å². The molecule has 0 aliphatic rings. The highest BCUT2D eigenvalue weighted by Gasteiger charge is 1.98. The van der Waals surface area contributed by atoms with Crippen LogP contribution in [0, 0.1) is 13.8 Å². The SMILES string of the molecule is Cc1cc(C)cc(OCCCC(C)O)c1. The molecule has 0 fully saturated rings. The zero-order valence-corrected chi connectivity index (χ0v) is 9.79. The summed E-state index contributed by atoms with van der Waals surface area (Å²) in [4.78, 5) is 0. The molecule has 0 heterocycles. The molecule has 0 aliphatic carbocycles. The first-order chi connectivity index (χ1) is 7.08. The Morgan fingerprint density at radius 1 is 1.20 bits per heavy atom. The van der Waals surface area contributed by atoms with Crippen LogP contribution >= 0.6 is 0 Å². The fourth-order valence-electron chi connectivity index (χ4n) is 1.58. The maximum absolute atomic E-state index is 9.08. The smallest absolute Gasteiger partial charge is 0.119 e. The largest absolute Gasteiger partial charge is 0.494 e. The summed E-state index contributed by atoms with van der Waals surface area (Å²) in [6, 6.07) is 6.20. The molecule has 84 valence electrons. The van der Waals surface area contributed by atoms with Crippen molar-refractivity contribution in [1.29, 1.82) is 0 Å². The summed E-state index contributed by atoms with van der Waals surface area (Å²) in [5.74, 6) is 0.929. The molecule has 0 saturated carbocycles. The van der Waals surface area contributed by atoms with Crippen molar-refractivity contribution in [3.63, 3.8) is 0 Å². The van der Waals surface area contributed by atoms with Gasteiger partial charge in [0, 0.05) is 0 Å². The molecule has 0 radical (unpaired) electrons. The highest BCUT2D eigenvalue weighted by molar-refractivity contribution is 5.32. The second-order valence-corrected chi connectivity index (χ2v) is 4.16. The van der Waals surface area contributed by atoms with Crippen LogP contribution < -0.4 is 4.74 Å². The van der Waals surface area contributed by atoms with E-state index in [0.29, 0.717) is 6.61 Å². The first-order valence-corrected chi connectivity index (χ1v) is 5.47. The van der Waals surface area contributed by atoms with Gasteiger partial charge >= 0.3 is 0 Å². The molecule has 2 heteroatoms. The lowest BCUT2D eigenvalue weighted by Gasteiger charge is -2.08. The fourth-order valence-corrected chi connectivity index (χ4v) is 1.58. The molecule has 1 aromatic carbocycles.